The van der Waals surface area contributed by atoms with E-state index in [1.165, 1.54) is 6.92 Å². The van der Waals surface area contributed by atoms with Gasteiger partial charge >= 0.3 is 5.97 Å². The third-order valence-corrected chi connectivity index (χ3v) is 1.88. The summed E-state index contributed by atoms with van der Waals surface area (Å²) in [6.45, 7) is 1.31. The lowest BCUT2D eigenvalue weighted by Crippen LogP contribution is -2.16. The van der Waals surface area contributed by atoms with Crippen LogP contribution >= 0.6 is 0 Å². The van der Waals surface area contributed by atoms with E-state index in [4.69, 9.17) is 5.11 Å². The first-order chi connectivity index (χ1) is 7.02. The molecule has 1 atom stereocenters. The highest BCUT2D eigenvalue weighted by molar-refractivity contribution is 5.74. The van der Waals surface area contributed by atoms with Crippen LogP contribution in [-0.4, -0.2) is 37.7 Å². The van der Waals surface area contributed by atoms with Crippen molar-refractivity contribution in [3.8, 4) is 0 Å². The molecule has 1 rings (SSSR count). The van der Waals surface area contributed by atoms with Crippen LogP contribution in [0.4, 0.5) is 8.78 Å². The van der Waals surface area contributed by atoms with Crippen molar-refractivity contribution in [3.05, 3.63) is 5.82 Å². The van der Waals surface area contributed by atoms with Crippen molar-refractivity contribution < 1.29 is 18.7 Å². The van der Waals surface area contributed by atoms with Gasteiger partial charge in [-0.15, -0.1) is 5.10 Å². The van der Waals surface area contributed by atoms with Gasteiger partial charge in [0.1, 0.15) is 5.92 Å². The molecule has 0 aliphatic heterocycles. The number of carbonyl (C=O) groups is 1. The summed E-state index contributed by atoms with van der Waals surface area (Å²) in [5.41, 5.74) is 0. The molecule has 0 amide bonds. The van der Waals surface area contributed by atoms with E-state index in [1.807, 2.05) is 0 Å². The Kier molecular flexibility index (Phi) is 3.64. The zero-order valence-corrected chi connectivity index (χ0v) is 7.97. The maximum Gasteiger partial charge on any atom is 0.314 e. The van der Waals surface area contributed by atoms with Gasteiger partial charge in [0.15, 0.2) is 5.82 Å². The van der Waals surface area contributed by atoms with Crippen LogP contribution in [0, 0.1) is 0 Å². The number of aromatic nitrogens is 4. The van der Waals surface area contributed by atoms with Crippen LogP contribution in [0.25, 0.3) is 0 Å². The molecule has 0 saturated heterocycles. The van der Waals surface area contributed by atoms with Crippen molar-refractivity contribution in [2.24, 2.45) is 0 Å². The van der Waals surface area contributed by atoms with Crippen LogP contribution in [0.2, 0.25) is 0 Å². The van der Waals surface area contributed by atoms with Crippen LogP contribution in [0.5, 0.6) is 0 Å². The minimum atomic E-state index is -2.46. The molecule has 8 heteroatoms. The maximum atomic E-state index is 11.9. The van der Waals surface area contributed by atoms with Crippen LogP contribution < -0.4 is 0 Å². The largest absolute Gasteiger partial charge is 0.481 e. The highest BCUT2D eigenvalue weighted by Gasteiger charge is 2.21. The second-order valence-electron chi connectivity index (χ2n) is 3.00. The van der Waals surface area contributed by atoms with Crippen molar-refractivity contribution in [2.45, 2.75) is 32.2 Å². The van der Waals surface area contributed by atoms with Gasteiger partial charge in [-0.1, -0.05) is 0 Å². The molecule has 0 aromatic carbocycles. The molecule has 0 bridgehead atoms. The quantitative estimate of drug-likeness (QED) is 0.782. The van der Waals surface area contributed by atoms with Gasteiger partial charge in [-0.05, 0) is 17.4 Å². The van der Waals surface area contributed by atoms with Gasteiger partial charge in [-0.25, -0.2) is 13.5 Å². The highest BCUT2D eigenvalue weighted by atomic mass is 19.3. The molecule has 84 valence electrons. The summed E-state index contributed by atoms with van der Waals surface area (Å²) in [6, 6.07) is 0. The first-order valence-electron chi connectivity index (χ1n) is 4.29. The van der Waals surface area contributed by atoms with Crippen molar-refractivity contribution in [1.82, 2.24) is 20.2 Å². The molecule has 1 heterocycles. The third kappa shape index (κ3) is 2.93. The Morgan fingerprint density at radius 1 is 1.60 bits per heavy atom. The molecule has 0 radical (unpaired) electrons. The fourth-order valence-corrected chi connectivity index (χ4v) is 1.01. The zero-order valence-electron chi connectivity index (χ0n) is 7.97. The van der Waals surface area contributed by atoms with E-state index in [1.54, 1.807) is 0 Å². The number of nitrogens with zero attached hydrogens (tertiary/aromatic N) is 4. The predicted molar refractivity (Wildman–Crippen MR) is 44.5 cm³/mol. The van der Waals surface area contributed by atoms with Crippen molar-refractivity contribution in [1.29, 1.82) is 0 Å². The molecule has 6 nitrogen and oxygen atoms in total. The number of halogens is 2. The number of rotatable bonds is 5. The Labute approximate surface area is 83.9 Å². The van der Waals surface area contributed by atoms with E-state index in [-0.39, 0.29) is 12.4 Å². The lowest BCUT2D eigenvalue weighted by Gasteiger charge is -2.06. The standard InChI is InChI=1S/C7H10F2N4O2/c1-4(7(14)15)6-10-11-12-13(6)3-2-5(8)9/h4-5H,2-3H2,1H3,(H,14,15). The Bertz CT molecular complexity index is 341. The summed E-state index contributed by atoms with van der Waals surface area (Å²) in [7, 11) is 0. The molecule has 0 fully saturated rings. The van der Waals surface area contributed by atoms with Gasteiger partial charge in [0.05, 0.1) is 6.54 Å². The summed E-state index contributed by atoms with van der Waals surface area (Å²) >= 11 is 0. The monoisotopic (exact) mass is 220 g/mol. The highest BCUT2D eigenvalue weighted by Crippen LogP contribution is 2.12. The first kappa shape index (κ1) is 11.5. The number of aliphatic carboxylic acids is 1. The predicted octanol–water partition coefficient (Wildman–Crippen LogP) is 0.516. The number of hydrogen-bond donors (Lipinski definition) is 1. The smallest absolute Gasteiger partial charge is 0.314 e. The average molecular weight is 220 g/mol. The summed E-state index contributed by atoms with van der Waals surface area (Å²) in [6.07, 6.45) is -2.85. The average Bonchev–Trinajstić information content (AvgIpc) is 2.60. The second-order valence-corrected chi connectivity index (χ2v) is 3.00. The van der Waals surface area contributed by atoms with Gasteiger partial charge in [0.25, 0.3) is 0 Å². The minimum absolute atomic E-state index is 0.0857. The minimum Gasteiger partial charge on any atom is -0.481 e. The topological polar surface area (TPSA) is 80.9 Å². The molecular formula is C7H10F2N4O2. The van der Waals surface area contributed by atoms with Crippen LogP contribution in [0.3, 0.4) is 0 Å². The summed E-state index contributed by atoms with van der Waals surface area (Å²) in [4.78, 5) is 10.6. The fraction of sp³-hybridized carbons (Fsp3) is 0.714. The van der Waals surface area contributed by atoms with Gasteiger partial charge in [-0.2, -0.15) is 0 Å². The van der Waals surface area contributed by atoms with E-state index in [0.29, 0.717) is 0 Å². The van der Waals surface area contributed by atoms with Crippen molar-refractivity contribution >= 4 is 5.97 Å². The molecule has 1 unspecified atom stereocenters. The van der Waals surface area contributed by atoms with Crippen LogP contribution in [-0.2, 0) is 11.3 Å². The van der Waals surface area contributed by atoms with Crippen LogP contribution in [0.1, 0.15) is 25.1 Å². The van der Waals surface area contributed by atoms with E-state index in [9.17, 15) is 13.6 Å². The van der Waals surface area contributed by atoms with Crippen molar-refractivity contribution in [2.75, 3.05) is 0 Å². The zero-order chi connectivity index (χ0) is 11.4. The van der Waals surface area contributed by atoms with Crippen molar-refractivity contribution in [3.63, 3.8) is 0 Å². The number of aryl methyl sites for hydroxylation is 1. The number of tetrazole rings is 1. The van der Waals surface area contributed by atoms with Gasteiger partial charge < -0.3 is 5.11 Å². The summed E-state index contributed by atoms with van der Waals surface area (Å²) in [5, 5.41) is 18.9. The molecule has 0 aliphatic rings. The van der Waals surface area contributed by atoms with Gasteiger partial charge in [0.2, 0.25) is 6.43 Å². The SMILES string of the molecule is CC(C(=O)O)c1nnnn1CCC(F)F. The molecule has 1 aromatic rings. The molecule has 0 aliphatic carbocycles. The van der Waals surface area contributed by atoms with Crippen LogP contribution in [0.15, 0.2) is 0 Å². The molecule has 1 N–H and O–H groups in total. The van der Waals surface area contributed by atoms with E-state index in [2.05, 4.69) is 15.5 Å². The van der Waals surface area contributed by atoms with Gasteiger partial charge in [-0.3, -0.25) is 4.79 Å². The summed E-state index contributed by atoms with van der Waals surface area (Å²) < 4.78 is 24.9. The number of carboxylic acid groups (broad SMARTS) is 1. The lowest BCUT2D eigenvalue weighted by atomic mass is 10.2. The number of hydrogen-bond acceptors (Lipinski definition) is 4. The third-order valence-electron chi connectivity index (χ3n) is 1.88. The Balaban J connectivity index is 2.73. The van der Waals surface area contributed by atoms with E-state index in [0.717, 1.165) is 4.68 Å². The van der Waals surface area contributed by atoms with Gasteiger partial charge in [0, 0.05) is 6.42 Å². The summed E-state index contributed by atoms with van der Waals surface area (Å²) in [5.74, 6) is -1.91. The molecule has 15 heavy (non-hydrogen) atoms. The Morgan fingerprint density at radius 3 is 2.80 bits per heavy atom. The Morgan fingerprint density at radius 2 is 2.27 bits per heavy atom. The number of carboxylic acids is 1. The molecule has 0 spiro atoms. The number of alkyl halides is 2. The maximum absolute atomic E-state index is 11.9. The normalized spacial score (nSPS) is 13.1. The van der Waals surface area contributed by atoms with E-state index >= 15 is 0 Å². The fourth-order valence-electron chi connectivity index (χ4n) is 1.01. The lowest BCUT2D eigenvalue weighted by molar-refractivity contribution is -0.138. The van der Waals surface area contributed by atoms with E-state index < -0.39 is 24.7 Å². The molecule has 0 saturated carbocycles. The molecule has 1 aromatic heterocycles. The first-order valence-corrected chi connectivity index (χ1v) is 4.29. The molecular weight excluding hydrogens is 210 g/mol. The Hall–Kier alpha value is -1.60. The second kappa shape index (κ2) is 4.76.